The van der Waals surface area contributed by atoms with E-state index in [4.69, 9.17) is 0 Å². The number of amides is 3. The summed E-state index contributed by atoms with van der Waals surface area (Å²) in [6, 6.07) is 5.96. The molecule has 3 amide bonds. The summed E-state index contributed by atoms with van der Waals surface area (Å²) in [5.41, 5.74) is 2.41. The van der Waals surface area contributed by atoms with Crippen LogP contribution in [0.3, 0.4) is 0 Å². The number of aliphatic hydroxyl groups is 1. The standard InChI is InChI=1S/C22H32N4O4/c1-14(23-2)20(28)25-18(13-27)22(30)26-12-6-11-19(26)21(29)24-17-10-5-8-15-7-3-4-9-16(15)17/h3-4,7,9,14,17-19,23,27H,5-6,8,10-13H2,1-2H3,(H,24,29)(H,25,28)/t14-,17+,18-,19-/m0/s1. The molecule has 1 saturated heterocycles. The molecule has 1 aliphatic carbocycles. The average Bonchev–Trinajstić information content (AvgIpc) is 3.26. The number of hydrogen-bond donors (Lipinski definition) is 4. The van der Waals surface area contributed by atoms with Gasteiger partial charge >= 0.3 is 0 Å². The number of rotatable bonds is 7. The smallest absolute Gasteiger partial charge is 0.248 e. The monoisotopic (exact) mass is 416 g/mol. The molecule has 0 saturated carbocycles. The lowest BCUT2D eigenvalue weighted by atomic mass is 9.87. The lowest BCUT2D eigenvalue weighted by Crippen LogP contribution is -2.57. The maximum atomic E-state index is 13.1. The first-order chi connectivity index (χ1) is 14.5. The van der Waals surface area contributed by atoms with E-state index in [0.29, 0.717) is 19.4 Å². The molecule has 30 heavy (non-hydrogen) atoms. The summed E-state index contributed by atoms with van der Waals surface area (Å²) < 4.78 is 0. The van der Waals surface area contributed by atoms with Crippen LogP contribution in [-0.4, -0.2) is 66.1 Å². The molecule has 4 atom stereocenters. The number of aliphatic hydroxyl groups excluding tert-OH is 1. The Kier molecular flexibility index (Phi) is 7.44. The summed E-state index contributed by atoms with van der Waals surface area (Å²) in [6.07, 6.45) is 4.19. The summed E-state index contributed by atoms with van der Waals surface area (Å²) >= 11 is 0. The molecule has 8 nitrogen and oxygen atoms in total. The van der Waals surface area contributed by atoms with Crippen molar-refractivity contribution in [3.8, 4) is 0 Å². The second-order valence-electron chi connectivity index (χ2n) is 8.10. The zero-order valence-electron chi connectivity index (χ0n) is 17.7. The summed E-state index contributed by atoms with van der Waals surface area (Å²) in [6.45, 7) is 1.59. The topological polar surface area (TPSA) is 111 Å². The van der Waals surface area contributed by atoms with E-state index in [1.165, 1.54) is 10.5 Å². The molecule has 164 valence electrons. The number of fused-ring (bicyclic) bond motifs is 1. The van der Waals surface area contributed by atoms with Crippen LogP contribution in [0.1, 0.15) is 49.8 Å². The first-order valence-electron chi connectivity index (χ1n) is 10.7. The fourth-order valence-electron chi connectivity index (χ4n) is 4.29. The van der Waals surface area contributed by atoms with Gasteiger partial charge in [-0.15, -0.1) is 0 Å². The van der Waals surface area contributed by atoms with Crippen LogP contribution in [0, 0.1) is 0 Å². The van der Waals surface area contributed by atoms with Gasteiger partial charge in [0.25, 0.3) is 0 Å². The molecule has 0 bridgehead atoms. The summed E-state index contributed by atoms with van der Waals surface area (Å²) in [7, 11) is 1.64. The van der Waals surface area contributed by atoms with Gasteiger partial charge in [-0.05, 0) is 57.2 Å². The Morgan fingerprint density at radius 1 is 1.20 bits per heavy atom. The molecule has 0 aromatic heterocycles. The molecule has 0 unspecified atom stereocenters. The van der Waals surface area contributed by atoms with Crippen molar-refractivity contribution in [3.63, 3.8) is 0 Å². The third kappa shape index (κ3) is 4.82. The minimum absolute atomic E-state index is 0.0511. The van der Waals surface area contributed by atoms with Crippen molar-refractivity contribution in [1.82, 2.24) is 20.9 Å². The third-order valence-corrected chi connectivity index (χ3v) is 6.15. The number of benzene rings is 1. The second-order valence-corrected chi connectivity index (χ2v) is 8.10. The van der Waals surface area contributed by atoms with Crippen molar-refractivity contribution in [1.29, 1.82) is 0 Å². The van der Waals surface area contributed by atoms with Crippen molar-refractivity contribution in [3.05, 3.63) is 35.4 Å². The van der Waals surface area contributed by atoms with Gasteiger partial charge in [0, 0.05) is 6.54 Å². The van der Waals surface area contributed by atoms with Crippen LogP contribution in [0.15, 0.2) is 24.3 Å². The normalized spacial score (nSPS) is 22.7. The number of hydrogen-bond acceptors (Lipinski definition) is 5. The van der Waals surface area contributed by atoms with Crippen LogP contribution >= 0.6 is 0 Å². The zero-order chi connectivity index (χ0) is 21.7. The van der Waals surface area contributed by atoms with Crippen LogP contribution in [-0.2, 0) is 20.8 Å². The number of likely N-dealkylation sites (tertiary alicyclic amines) is 1. The molecule has 0 spiro atoms. The largest absolute Gasteiger partial charge is 0.394 e. The Balaban J connectivity index is 1.67. The van der Waals surface area contributed by atoms with Crippen molar-refractivity contribution < 1.29 is 19.5 Å². The van der Waals surface area contributed by atoms with Crippen LogP contribution in [0.25, 0.3) is 0 Å². The molecule has 4 N–H and O–H groups in total. The van der Waals surface area contributed by atoms with E-state index in [1.54, 1.807) is 14.0 Å². The van der Waals surface area contributed by atoms with Gasteiger partial charge in [0.15, 0.2) is 0 Å². The van der Waals surface area contributed by atoms with E-state index in [0.717, 1.165) is 24.8 Å². The van der Waals surface area contributed by atoms with E-state index in [-0.39, 0.29) is 17.9 Å². The number of carbonyl (C=O) groups is 3. The minimum Gasteiger partial charge on any atom is -0.394 e. The van der Waals surface area contributed by atoms with Crippen LogP contribution in [0.2, 0.25) is 0 Å². The molecule has 3 rings (SSSR count). The number of aryl methyl sites for hydroxylation is 1. The van der Waals surface area contributed by atoms with Crippen molar-refractivity contribution in [2.75, 3.05) is 20.2 Å². The molecule has 1 heterocycles. The fourth-order valence-corrected chi connectivity index (χ4v) is 4.29. The van der Waals surface area contributed by atoms with Gasteiger partial charge in [-0.3, -0.25) is 14.4 Å². The van der Waals surface area contributed by atoms with E-state index in [2.05, 4.69) is 28.1 Å². The quantitative estimate of drug-likeness (QED) is 0.510. The number of nitrogens with one attached hydrogen (secondary N) is 3. The Morgan fingerprint density at radius 3 is 2.70 bits per heavy atom. The van der Waals surface area contributed by atoms with Gasteiger partial charge in [-0.2, -0.15) is 0 Å². The average molecular weight is 417 g/mol. The lowest BCUT2D eigenvalue weighted by molar-refractivity contribution is -0.142. The van der Waals surface area contributed by atoms with E-state index >= 15 is 0 Å². The molecule has 0 radical (unpaired) electrons. The molecule has 1 aromatic carbocycles. The maximum absolute atomic E-state index is 13.1. The molecule has 1 fully saturated rings. The SMILES string of the molecule is CN[C@@H](C)C(=O)N[C@@H](CO)C(=O)N1CCC[C@H]1C(=O)N[C@@H]1CCCc2ccccc21. The van der Waals surface area contributed by atoms with Crippen molar-refractivity contribution in [2.45, 2.75) is 63.2 Å². The van der Waals surface area contributed by atoms with Gasteiger partial charge < -0.3 is 26.0 Å². The Hall–Kier alpha value is -2.45. The summed E-state index contributed by atoms with van der Waals surface area (Å²) in [5, 5.41) is 18.2. The molecule has 1 aromatic rings. The van der Waals surface area contributed by atoms with Gasteiger partial charge in [-0.25, -0.2) is 0 Å². The predicted octanol–water partition coefficient (Wildman–Crippen LogP) is 0.256. The highest BCUT2D eigenvalue weighted by Gasteiger charge is 2.38. The first-order valence-corrected chi connectivity index (χ1v) is 10.7. The molecule has 1 aliphatic heterocycles. The Morgan fingerprint density at radius 2 is 1.97 bits per heavy atom. The van der Waals surface area contributed by atoms with Gasteiger partial charge in [-0.1, -0.05) is 24.3 Å². The van der Waals surface area contributed by atoms with Gasteiger partial charge in [0.1, 0.15) is 12.1 Å². The highest BCUT2D eigenvalue weighted by molar-refractivity contribution is 5.93. The molecule has 8 heteroatoms. The summed E-state index contributed by atoms with van der Waals surface area (Å²) in [5.74, 6) is -0.964. The Bertz CT molecular complexity index is 784. The lowest BCUT2D eigenvalue weighted by Gasteiger charge is -2.31. The molecular formula is C22H32N4O4. The predicted molar refractivity (Wildman–Crippen MR) is 113 cm³/mol. The van der Waals surface area contributed by atoms with Gasteiger partial charge in [0.05, 0.1) is 18.7 Å². The van der Waals surface area contributed by atoms with E-state index in [9.17, 15) is 19.5 Å². The van der Waals surface area contributed by atoms with Crippen molar-refractivity contribution in [2.24, 2.45) is 0 Å². The highest BCUT2D eigenvalue weighted by Crippen LogP contribution is 2.30. The number of likely N-dealkylation sites (N-methyl/N-ethyl adjacent to an activating group) is 1. The molecule has 2 aliphatic rings. The van der Waals surface area contributed by atoms with Crippen LogP contribution < -0.4 is 16.0 Å². The zero-order valence-corrected chi connectivity index (χ0v) is 17.7. The fraction of sp³-hybridized carbons (Fsp3) is 0.591. The Labute approximate surface area is 177 Å². The van der Waals surface area contributed by atoms with E-state index < -0.39 is 30.6 Å². The van der Waals surface area contributed by atoms with Gasteiger partial charge in [0.2, 0.25) is 17.7 Å². The van der Waals surface area contributed by atoms with E-state index in [1.807, 2.05) is 12.1 Å². The van der Waals surface area contributed by atoms with Crippen molar-refractivity contribution >= 4 is 17.7 Å². The summed E-state index contributed by atoms with van der Waals surface area (Å²) in [4.78, 5) is 39.7. The van der Waals surface area contributed by atoms with Crippen LogP contribution in [0.4, 0.5) is 0 Å². The third-order valence-electron chi connectivity index (χ3n) is 6.15. The highest BCUT2D eigenvalue weighted by atomic mass is 16.3. The number of carbonyl (C=O) groups excluding carboxylic acids is 3. The minimum atomic E-state index is -1.06. The second kappa shape index (κ2) is 10.0. The van der Waals surface area contributed by atoms with Crippen LogP contribution in [0.5, 0.6) is 0 Å². The molecular weight excluding hydrogens is 384 g/mol. The first kappa shape index (κ1) is 22.2. The number of nitrogens with zero attached hydrogens (tertiary/aromatic N) is 1. The maximum Gasteiger partial charge on any atom is 0.248 e.